The van der Waals surface area contributed by atoms with Gasteiger partial charge in [-0.3, -0.25) is 9.36 Å². The minimum absolute atomic E-state index is 0.102. The van der Waals surface area contributed by atoms with Crippen molar-refractivity contribution in [1.82, 2.24) is 24.6 Å². The lowest BCUT2D eigenvalue weighted by Gasteiger charge is -2.25. The van der Waals surface area contributed by atoms with Crippen molar-refractivity contribution < 1.29 is 28.1 Å². The monoisotopic (exact) mass is 624 g/mol. The standard InChI is InChI=1S/C31H41N6O6P/c1-7-39-27-25-26(34-30(32)35-27)37(18-33-25)28-19(2)15-22(42-28)16-41-44(36-20(3)29(38)40-17-31(4,5)6)43-24-14-10-12-21-11-8-9-13-23(21)24/h8-14,18-20,22,28,36H,7,15-17H2,1-6H3,(H2,32,34,35). The van der Waals surface area contributed by atoms with Crippen molar-refractivity contribution in [1.29, 1.82) is 0 Å². The number of imidazole rings is 1. The minimum atomic E-state index is -1.76. The topological polar surface area (TPSA) is 145 Å². The van der Waals surface area contributed by atoms with Crippen molar-refractivity contribution in [2.45, 2.75) is 66.3 Å². The van der Waals surface area contributed by atoms with E-state index in [1.165, 1.54) is 0 Å². The number of carbonyl (C=O) groups excluding carboxylic acids is 1. The van der Waals surface area contributed by atoms with Gasteiger partial charge in [0.05, 0.1) is 32.3 Å². The van der Waals surface area contributed by atoms with E-state index in [1.807, 2.05) is 74.7 Å². The zero-order valence-corrected chi connectivity index (χ0v) is 26.9. The quantitative estimate of drug-likeness (QED) is 0.146. The van der Waals surface area contributed by atoms with Gasteiger partial charge >= 0.3 is 14.5 Å². The maximum Gasteiger partial charge on any atom is 0.323 e. The molecule has 5 rings (SSSR count). The summed E-state index contributed by atoms with van der Waals surface area (Å²) in [5, 5.41) is 5.20. The third-order valence-electron chi connectivity index (χ3n) is 7.02. The predicted octanol–water partition coefficient (Wildman–Crippen LogP) is 5.77. The zero-order valence-electron chi connectivity index (χ0n) is 26.0. The first-order chi connectivity index (χ1) is 21.0. The van der Waals surface area contributed by atoms with E-state index in [2.05, 4.69) is 27.0 Å². The van der Waals surface area contributed by atoms with Crippen LogP contribution < -0.4 is 20.1 Å². The molecule has 5 atom stereocenters. The first kappa shape index (κ1) is 31.8. The van der Waals surface area contributed by atoms with Crippen LogP contribution in [0.25, 0.3) is 21.9 Å². The summed E-state index contributed by atoms with van der Waals surface area (Å²) in [7, 11) is -1.76. The largest absolute Gasteiger partial charge is 0.476 e. The maximum atomic E-state index is 12.8. The van der Waals surface area contributed by atoms with Gasteiger partial charge in [0, 0.05) is 11.3 Å². The maximum absolute atomic E-state index is 12.8. The van der Waals surface area contributed by atoms with Crippen molar-refractivity contribution in [2.24, 2.45) is 11.3 Å². The Morgan fingerprint density at radius 2 is 1.98 bits per heavy atom. The van der Waals surface area contributed by atoms with Gasteiger partial charge < -0.3 is 29.0 Å². The van der Waals surface area contributed by atoms with Gasteiger partial charge in [-0.05, 0) is 37.1 Å². The van der Waals surface area contributed by atoms with Crippen LogP contribution in [0.15, 0.2) is 48.8 Å². The Morgan fingerprint density at radius 1 is 1.20 bits per heavy atom. The molecule has 13 heteroatoms. The number of hydrogen-bond acceptors (Lipinski definition) is 11. The van der Waals surface area contributed by atoms with E-state index in [4.69, 9.17) is 29.0 Å². The molecule has 12 nitrogen and oxygen atoms in total. The lowest BCUT2D eigenvalue weighted by Crippen LogP contribution is -2.35. The van der Waals surface area contributed by atoms with Gasteiger partial charge in [-0.15, -0.1) is 0 Å². The number of nitrogens with zero attached hydrogens (tertiary/aromatic N) is 4. The summed E-state index contributed by atoms with van der Waals surface area (Å²) in [5.41, 5.74) is 6.90. The van der Waals surface area contributed by atoms with Gasteiger partial charge in [-0.2, -0.15) is 9.97 Å². The molecule has 1 saturated heterocycles. The molecule has 5 unspecified atom stereocenters. The Bertz CT molecular complexity index is 1590. The summed E-state index contributed by atoms with van der Waals surface area (Å²) in [6, 6.07) is 13.1. The highest BCUT2D eigenvalue weighted by molar-refractivity contribution is 7.45. The fourth-order valence-corrected chi connectivity index (χ4v) is 6.17. The van der Waals surface area contributed by atoms with Crippen molar-refractivity contribution in [2.75, 3.05) is 25.6 Å². The number of nitrogens with two attached hydrogens (primary N) is 1. The van der Waals surface area contributed by atoms with Crippen molar-refractivity contribution in [3.63, 3.8) is 0 Å². The van der Waals surface area contributed by atoms with E-state index >= 15 is 0 Å². The van der Waals surface area contributed by atoms with Crippen LogP contribution >= 0.6 is 8.53 Å². The lowest BCUT2D eigenvalue weighted by molar-refractivity contribution is -0.148. The summed E-state index contributed by atoms with van der Waals surface area (Å²) in [4.78, 5) is 25.9. The normalized spacial score (nSPS) is 20.1. The summed E-state index contributed by atoms with van der Waals surface area (Å²) >= 11 is 0. The molecule has 2 aromatic heterocycles. The number of esters is 1. The molecule has 0 spiro atoms. The van der Waals surface area contributed by atoms with Crippen LogP contribution in [0, 0.1) is 11.3 Å². The molecule has 1 fully saturated rings. The molecule has 236 valence electrons. The predicted molar refractivity (Wildman–Crippen MR) is 169 cm³/mol. The van der Waals surface area contributed by atoms with Crippen LogP contribution in [0.1, 0.15) is 54.2 Å². The molecular weight excluding hydrogens is 583 g/mol. The van der Waals surface area contributed by atoms with Gasteiger partial charge in [0.25, 0.3) is 0 Å². The number of benzene rings is 2. The van der Waals surface area contributed by atoms with Gasteiger partial charge in [0.2, 0.25) is 11.8 Å². The average molecular weight is 625 g/mol. The molecule has 0 saturated carbocycles. The van der Waals surface area contributed by atoms with Crippen LogP contribution in [0.2, 0.25) is 0 Å². The molecule has 0 amide bonds. The van der Waals surface area contributed by atoms with E-state index in [1.54, 1.807) is 13.3 Å². The third-order valence-corrected chi connectivity index (χ3v) is 8.37. The second kappa shape index (κ2) is 13.6. The first-order valence-corrected chi connectivity index (χ1v) is 16.0. The summed E-state index contributed by atoms with van der Waals surface area (Å²) in [6.07, 6.45) is 1.81. The highest BCUT2D eigenvalue weighted by atomic mass is 31.2. The van der Waals surface area contributed by atoms with Crippen molar-refractivity contribution >= 4 is 42.4 Å². The molecule has 1 aliphatic heterocycles. The fraction of sp³-hybridized carbons (Fsp3) is 0.484. The number of anilines is 1. The molecule has 0 radical (unpaired) electrons. The van der Waals surface area contributed by atoms with Gasteiger partial charge in [0.1, 0.15) is 18.0 Å². The van der Waals surface area contributed by atoms with Gasteiger partial charge in [-0.1, -0.05) is 64.1 Å². The molecule has 1 aliphatic rings. The smallest absolute Gasteiger partial charge is 0.323 e. The van der Waals surface area contributed by atoms with E-state index in [0.717, 1.165) is 17.2 Å². The molecule has 4 aromatic rings. The first-order valence-electron chi connectivity index (χ1n) is 14.8. The minimum Gasteiger partial charge on any atom is -0.476 e. The summed E-state index contributed by atoms with van der Waals surface area (Å²) < 4.78 is 32.2. The second-order valence-corrected chi connectivity index (χ2v) is 13.4. The molecule has 44 heavy (non-hydrogen) atoms. The molecule has 0 bridgehead atoms. The van der Waals surface area contributed by atoms with Crippen LogP contribution in [0.4, 0.5) is 5.95 Å². The molecule has 3 N–H and O–H groups in total. The Kier molecular flexibility index (Phi) is 9.84. The van der Waals surface area contributed by atoms with Crippen LogP contribution in [0.3, 0.4) is 0 Å². The Hall–Kier alpha value is -3.57. The van der Waals surface area contributed by atoms with Crippen molar-refractivity contribution in [3.05, 3.63) is 48.8 Å². The van der Waals surface area contributed by atoms with Gasteiger partial charge in [0.15, 0.2) is 11.2 Å². The summed E-state index contributed by atoms with van der Waals surface area (Å²) in [5.74, 6) is 0.852. The Balaban J connectivity index is 1.30. The highest BCUT2D eigenvalue weighted by Crippen LogP contribution is 2.42. The number of nitrogens with one attached hydrogen (secondary N) is 1. The van der Waals surface area contributed by atoms with E-state index in [-0.39, 0.29) is 42.2 Å². The molecular formula is C31H41N6O6P. The number of aromatic nitrogens is 4. The fourth-order valence-electron chi connectivity index (χ4n) is 4.92. The SMILES string of the molecule is CCOc1nc(N)nc2c1ncn2C1OC(COP(NC(C)C(=O)OCC(C)(C)C)Oc2cccc3ccccc23)CC1C. The zero-order chi connectivity index (χ0) is 31.4. The highest BCUT2D eigenvalue weighted by Gasteiger charge is 2.36. The van der Waals surface area contributed by atoms with Crippen LogP contribution in [-0.2, 0) is 18.8 Å². The second-order valence-electron chi connectivity index (χ2n) is 12.1. The molecule has 2 aromatic carbocycles. The van der Waals surface area contributed by atoms with E-state index in [9.17, 15) is 4.79 Å². The lowest BCUT2D eigenvalue weighted by atomic mass is 9.99. The van der Waals surface area contributed by atoms with Crippen molar-refractivity contribution in [3.8, 4) is 11.6 Å². The molecule has 3 heterocycles. The number of hydrogen-bond donors (Lipinski definition) is 2. The third kappa shape index (κ3) is 7.55. The van der Waals surface area contributed by atoms with Crippen LogP contribution in [0.5, 0.6) is 11.6 Å². The Morgan fingerprint density at radius 3 is 2.75 bits per heavy atom. The number of carbonyl (C=O) groups is 1. The number of nitrogen functional groups attached to an aromatic ring is 1. The summed E-state index contributed by atoms with van der Waals surface area (Å²) in [6.45, 7) is 12.7. The number of fused-ring (bicyclic) bond motifs is 2. The van der Waals surface area contributed by atoms with Gasteiger partial charge in [-0.25, -0.2) is 10.1 Å². The van der Waals surface area contributed by atoms with E-state index < -0.39 is 14.6 Å². The molecule has 0 aliphatic carbocycles. The van der Waals surface area contributed by atoms with E-state index in [0.29, 0.717) is 36.0 Å². The number of rotatable bonds is 12. The average Bonchev–Trinajstić information content (AvgIpc) is 3.57. The number of ether oxygens (including phenoxy) is 3. The Labute approximate surface area is 258 Å². The van der Waals surface area contributed by atoms with Crippen LogP contribution in [-0.4, -0.2) is 57.5 Å².